The summed E-state index contributed by atoms with van der Waals surface area (Å²) in [5.74, 6) is 1.26. The van der Waals surface area contributed by atoms with Gasteiger partial charge in [-0.25, -0.2) is 0 Å². The number of nitrogens with zero attached hydrogens (tertiary/aromatic N) is 4. The minimum absolute atomic E-state index is 0.170. The highest BCUT2D eigenvalue weighted by atomic mass is 35.5. The molecule has 0 N–H and O–H groups in total. The van der Waals surface area contributed by atoms with Gasteiger partial charge in [0.05, 0.1) is 12.1 Å². The molecule has 0 spiro atoms. The molecule has 0 atom stereocenters. The third-order valence-electron chi connectivity index (χ3n) is 9.48. The summed E-state index contributed by atoms with van der Waals surface area (Å²) in [7, 11) is 1.67. The first-order valence-electron chi connectivity index (χ1n) is 16.8. The number of likely N-dealkylation sites (N-methyl/N-ethyl adjacent to an activating group) is 2. The van der Waals surface area contributed by atoms with Crippen LogP contribution in [0.2, 0.25) is 5.02 Å². The summed E-state index contributed by atoms with van der Waals surface area (Å²) in [4.78, 5) is 22.8. The topological polar surface area (TPSA) is 52.4 Å². The van der Waals surface area contributed by atoms with E-state index in [1.807, 2.05) is 24.3 Å². The number of anilines is 1. The molecule has 2 heterocycles. The molecule has 6 rings (SSSR count). The van der Waals surface area contributed by atoms with Gasteiger partial charge in [-0.2, -0.15) is 0 Å². The maximum atomic E-state index is 12.6. The average Bonchev–Trinajstić information content (AvgIpc) is 3.09. The third-order valence-corrected chi connectivity index (χ3v) is 9.78. The maximum absolute atomic E-state index is 12.6. The lowest BCUT2D eigenvalue weighted by atomic mass is 9.93. The van der Waals surface area contributed by atoms with Gasteiger partial charge in [0.2, 0.25) is 5.43 Å². The van der Waals surface area contributed by atoms with Crippen LogP contribution in [0.5, 0.6) is 5.75 Å². The Morgan fingerprint density at radius 1 is 0.723 bits per heavy atom. The van der Waals surface area contributed by atoms with E-state index in [-0.39, 0.29) is 10.5 Å². The van der Waals surface area contributed by atoms with E-state index in [9.17, 15) is 4.79 Å². The molecule has 47 heavy (non-hydrogen) atoms. The predicted molar refractivity (Wildman–Crippen MR) is 194 cm³/mol. The first-order chi connectivity index (χ1) is 23.0. The van der Waals surface area contributed by atoms with Gasteiger partial charge in [-0.3, -0.25) is 9.69 Å². The lowest BCUT2D eigenvalue weighted by molar-refractivity contribution is 0.172. The SMILES string of the molecule is CCN1CCN(Cc2ccccc2)CCN(CC)CCN(c2ccc3c(-c4ccccc4OC)c4cc(Cl)c(=O)cc-4oc3c2)CC1. The summed E-state index contributed by atoms with van der Waals surface area (Å²) in [5, 5.41) is 1.11. The van der Waals surface area contributed by atoms with E-state index in [0.717, 1.165) is 111 Å². The van der Waals surface area contributed by atoms with Crippen molar-refractivity contribution < 1.29 is 9.15 Å². The number of hydrogen-bond donors (Lipinski definition) is 0. The molecular weight excluding hydrogens is 608 g/mol. The van der Waals surface area contributed by atoms with Crippen LogP contribution in [0.25, 0.3) is 33.4 Å². The third kappa shape index (κ3) is 7.65. The van der Waals surface area contributed by atoms with E-state index in [2.05, 4.69) is 82.0 Å². The zero-order valence-corrected chi connectivity index (χ0v) is 28.5. The number of ether oxygens (including phenoxy) is 1. The van der Waals surface area contributed by atoms with Gasteiger partial charge in [0, 0.05) is 98.8 Å². The van der Waals surface area contributed by atoms with Gasteiger partial charge in [-0.15, -0.1) is 0 Å². The zero-order valence-electron chi connectivity index (χ0n) is 27.8. The summed E-state index contributed by atoms with van der Waals surface area (Å²) in [5.41, 5.74) is 5.59. The van der Waals surface area contributed by atoms with Crippen molar-refractivity contribution >= 4 is 28.3 Å². The molecular formula is C39H45ClN4O3. The van der Waals surface area contributed by atoms with Gasteiger partial charge in [-0.1, -0.05) is 74.0 Å². The van der Waals surface area contributed by atoms with E-state index >= 15 is 0 Å². The minimum Gasteiger partial charge on any atom is -0.496 e. The van der Waals surface area contributed by atoms with Crippen LogP contribution in [0.15, 0.2) is 94.1 Å². The van der Waals surface area contributed by atoms with Crippen LogP contribution in [0.1, 0.15) is 19.4 Å². The summed E-state index contributed by atoms with van der Waals surface area (Å²) in [6, 6.07) is 28.4. The van der Waals surface area contributed by atoms with Crippen LogP contribution < -0.4 is 15.1 Å². The molecule has 1 saturated heterocycles. The Labute approximate surface area is 283 Å². The molecule has 0 amide bonds. The van der Waals surface area contributed by atoms with Crippen molar-refractivity contribution in [1.82, 2.24) is 14.7 Å². The summed E-state index contributed by atoms with van der Waals surface area (Å²) in [6.07, 6.45) is 0. The Morgan fingerprint density at radius 3 is 2.04 bits per heavy atom. The molecule has 0 aromatic heterocycles. The molecule has 0 saturated carbocycles. The van der Waals surface area contributed by atoms with Crippen LogP contribution in [0.3, 0.4) is 0 Å². The lowest BCUT2D eigenvalue weighted by Gasteiger charge is -2.34. The molecule has 3 aromatic rings. The van der Waals surface area contributed by atoms with Gasteiger partial charge in [0.1, 0.15) is 17.1 Å². The molecule has 2 aliphatic heterocycles. The van der Waals surface area contributed by atoms with E-state index in [0.29, 0.717) is 5.76 Å². The lowest BCUT2D eigenvalue weighted by Crippen LogP contribution is -2.45. The van der Waals surface area contributed by atoms with Crippen LogP contribution in [0.4, 0.5) is 5.69 Å². The van der Waals surface area contributed by atoms with Crippen molar-refractivity contribution in [1.29, 1.82) is 0 Å². The van der Waals surface area contributed by atoms with Crippen LogP contribution in [0, 0.1) is 0 Å². The Morgan fingerprint density at radius 2 is 1.36 bits per heavy atom. The van der Waals surface area contributed by atoms with Crippen molar-refractivity contribution in [3.8, 4) is 28.2 Å². The highest BCUT2D eigenvalue weighted by molar-refractivity contribution is 6.31. The summed E-state index contributed by atoms with van der Waals surface area (Å²) in [6.45, 7) is 15.4. The fraction of sp³-hybridized carbons (Fsp3) is 0.359. The fourth-order valence-electron chi connectivity index (χ4n) is 6.65. The van der Waals surface area contributed by atoms with Gasteiger partial charge in [0.25, 0.3) is 0 Å². The Hall–Kier alpha value is -3.88. The minimum atomic E-state index is -0.255. The number of benzene rings is 4. The molecule has 7 nitrogen and oxygen atoms in total. The Bertz CT molecular complexity index is 1790. The molecule has 8 heteroatoms. The fourth-order valence-corrected chi connectivity index (χ4v) is 6.81. The second kappa shape index (κ2) is 15.3. The molecule has 3 aromatic carbocycles. The van der Waals surface area contributed by atoms with Gasteiger partial charge in [-0.05, 0) is 42.9 Å². The van der Waals surface area contributed by atoms with Crippen molar-refractivity contribution in [3.05, 3.63) is 106 Å². The van der Waals surface area contributed by atoms with Gasteiger partial charge < -0.3 is 23.9 Å². The number of para-hydroxylation sites is 1. The van der Waals surface area contributed by atoms with Crippen molar-refractivity contribution in [3.63, 3.8) is 0 Å². The van der Waals surface area contributed by atoms with Gasteiger partial charge in [0.15, 0.2) is 0 Å². The largest absolute Gasteiger partial charge is 0.496 e. The molecule has 0 radical (unpaired) electrons. The highest BCUT2D eigenvalue weighted by Crippen LogP contribution is 2.44. The van der Waals surface area contributed by atoms with E-state index in [1.165, 1.54) is 11.6 Å². The number of hydrogen-bond acceptors (Lipinski definition) is 7. The highest BCUT2D eigenvalue weighted by Gasteiger charge is 2.23. The predicted octanol–water partition coefficient (Wildman–Crippen LogP) is 7.19. The molecule has 0 bridgehead atoms. The molecule has 0 unspecified atom stereocenters. The number of methoxy groups -OCH3 is 1. The van der Waals surface area contributed by atoms with E-state index in [1.54, 1.807) is 13.2 Å². The number of fused-ring (bicyclic) bond motifs is 2. The molecule has 1 aliphatic carbocycles. The van der Waals surface area contributed by atoms with E-state index in [4.69, 9.17) is 20.8 Å². The first kappa shape index (κ1) is 33.0. The van der Waals surface area contributed by atoms with Crippen LogP contribution in [-0.4, -0.2) is 87.3 Å². The van der Waals surface area contributed by atoms with E-state index < -0.39 is 0 Å². The van der Waals surface area contributed by atoms with Crippen molar-refractivity contribution in [2.75, 3.05) is 77.5 Å². The zero-order chi connectivity index (χ0) is 32.8. The van der Waals surface area contributed by atoms with Crippen molar-refractivity contribution in [2.24, 2.45) is 0 Å². The van der Waals surface area contributed by atoms with Crippen LogP contribution >= 0.6 is 11.6 Å². The smallest absolute Gasteiger partial charge is 0.200 e. The maximum Gasteiger partial charge on any atom is 0.200 e. The normalized spacial score (nSPS) is 16.3. The Kier molecular flexibility index (Phi) is 10.8. The summed E-state index contributed by atoms with van der Waals surface area (Å²) < 4.78 is 12.2. The second-order valence-corrected chi connectivity index (χ2v) is 12.7. The monoisotopic (exact) mass is 652 g/mol. The second-order valence-electron chi connectivity index (χ2n) is 12.3. The van der Waals surface area contributed by atoms with Gasteiger partial charge >= 0.3 is 0 Å². The number of rotatable bonds is 7. The average molecular weight is 653 g/mol. The Balaban J connectivity index is 1.33. The van der Waals surface area contributed by atoms with Crippen molar-refractivity contribution in [2.45, 2.75) is 20.4 Å². The molecule has 3 aliphatic rings. The summed E-state index contributed by atoms with van der Waals surface area (Å²) >= 11 is 6.36. The van der Waals surface area contributed by atoms with Crippen LogP contribution in [-0.2, 0) is 6.54 Å². The first-order valence-corrected chi connectivity index (χ1v) is 17.1. The molecule has 1 fully saturated rings. The number of halogens is 1. The quantitative estimate of drug-likeness (QED) is 0.173. The molecule has 246 valence electrons. The standard InChI is InChI=1S/C39H45ClN4O3/c1-4-41-17-19-43(28-29-11-7-6-8-12-29)20-18-42(5-2)22-24-44(23-21-41)30-15-16-32-37(25-30)47-38-27-35(45)34(40)26-33(38)39(32)31-13-9-10-14-36(31)46-3/h6-16,25-27H,4-5,17-24,28H2,1-3H3.